The Morgan fingerprint density at radius 3 is 2.27 bits per heavy atom. The lowest BCUT2D eigenvalue weighted by atomic mass is 9.98. The number of aryl methyl sites for hydroxylation is 1. The number of nitrogens with one attached hydrogen (secondary N) is 1. The molecule has 33 heavy (non-hydrogen) atoms. The summed E-state index contributed by atoms with van der Waals surface area (Å²) in [5.74, 6) is -0.496. The highest BCUT2D eigenvalue weighted by Gasteiger charge is 2.36. The van der Waals surface area contributed by atoms with Crippen LogP contribution in [0, 0.1) is 12.8 Å². The van der Waals surface area contributed by atoms with Crippen molar-refractivity contribution in [3.05, 3.63) is 65.7 Å². The minimum absolute atomic E-state index is 0.0613. The van der Waals surface area contributed by atoms with Gasteiger partial charge in [-0.05, 0) is 44.0 Å². The molecule has 0 spiro atoms. The molecule has 1 aliphatic heterocycles. The number of hydrogen-bond donors (Lipinski definition) is 1. The average Bonchev–Trinajstić information content (AvgIpc) is 2.82. The van der Waals surface area contributed by atoms with E-state index in [1.54, 1.807) is 46.2 Å². The van der Waals surface area contributed by atoms with E-state index in [2.05, 4.69) is 4.72 Å². The van der Waals surface area contributed by atoms with Crippen LogP contribution in [0.5, 0.6) is 0 Å². The molecular weight excluding hydrogens is 438 g/mol. The van der Waals surface area contributed by atoms with Crippen molar-refractivity contribution in [2.24, 2.45) is 5.92 Å². The largest absolute Gasteiger partial charge is 0.337 e. The number of rotatable bonds is 7. The van der Waals surface area contributed by atoms with Crippen molar-refractivity contribution in [1.29, 1.82) is 0 Å². The van der Waals surface area contributed by atoms with Gasteiger partial charge < -0.3 is 9.80 Å². The number of carbonyl (C=O) groups is 2. The molecule has 0 saturated carbocycles. The van der Waals surface area contributed by atoms with Gasteiger partial charge in [0.2, 0.25) is 15.9 Å². The van der Waals surface area contributed by atoms with Crippen molar-refractivity contribution in [1.82, 2.24) is 14.5 Å². The molecule has 2 amide bonds. The Morgan fingerprint density at radius 2 is 1.70 bits per heavy atom. The molecule has 7 nitrogen and oxygen atoms in total. The normalized spacial score (nSPS) is 18.6. The number of benzene rings is 2. The Hall–Kier alpha value is -2.71. The molecule has 1 fully saturated rings. The summed E-state index contributed by atoms with van der Waals surface area (Å²) in [6.07, 6.45) is 0.648. The zero-order chi connectivity index (χ0) is 24.2. The predicted molar refractivity (Wildman–Crippen MR) is 128 cm³/mol. The van der Waals surface area contributed by atoms with Crippen molar-refractivity contribution >= 4 is 21.8 Å². The third-order valence-electron chi connectivity index (χ3n) is 6.31. The van der Waals surface area contributed by atoms with E-state index in [0.717, 1.165) is 5.56 Å². The van der Waals surface area contributed by atoms with E-state index in [1.807, 2.05) is 45.9 Å². The van der Waals surface area contributed by atoms with Gasteiger partial charge in [-0.1, -0.05) is 56.2 Å². The van der Waals surface area contributed by atoms with Gasteiger partial charge in [0, 0.05) is 31.2 Å². The second kappa shape index (κ2) is 10.5. The molecular formula is C25H33N3O4S. The van der Waals surface area contributed by atoms with Gasteiger partial charge in [0.25, 0.3) is 5.91 Å². The Bertz CT molecular complexity index is 1070. The number of nitrogens with zero attached hydrogens (tertiary/aromatic N) is 2. The van der Waals surface area contributed by atoms with E-state index in [-0.39, 0.29) is 28.7 Å². The average molecular weight is 472 g/mol. The standard InChI is InChI=1S/C25H33N3O4S/c1-5-19(3)23(26-33(31,32)22-13-11-18(2)12-14-22)25(30)27-15-16-28(20(4)17-27)24(29)21-9-7-6-8-10-21/h6-14,19-20,23,26H,5,15-17H2,1-4H3. The van der Waals surface area contributed by atoms with Crippen LogP contribution < -0.4 is 4.72 Å². The third kappa shape index (κ3) is 5.81. The highest BCUT2D eigenvalue weighted by Crippen LogP contribution is 2.20. The minimum atomic E-state index is -3.85. The lowest BCUT2D eigenvalue weighted by Gasteiger charge is -2.41. The molecule has 2 aromatic carbocycles. The predicted octanol–water partition coefficient (Wildman–Crippen LogP) is 3.06. The van der Waals surface area contributed by atoms with E-state index in [4.69, 9.17) is 0 Å². The highest BCUT2D eigenvalue weighted by molar-refractivity contribution is 7.89. The maximum atomic E-state index is 13.4. The smallest absolute Gasteiger partial charge is 0.254 e. The topological polar surface area (TPSA) is 86.8 Å². The molecule has 0 aromatic heterocycles. The van der Waals surface area contributed by atoms with E-state index < -0.39 is 16.1 Å². The first-order valence-electron chi connectivity index (χ1n) is 11.4. The molecule has 2 aromatic rings. The molecule has 1 N–H and O–H groups in total. The molecule has 1 heterocycles. The number of piperazine rings is 1. The van der Waals surface area contributed by atoms with Gasteiger partial charge in [0.05, 0.1) is 4.90 Å². The molecule has 178 valence electrons. The van der Waals surface area contributed by atoms with Gasteiger partial charge in [-0.3, -0.25) is 9.59 Å². The van der Waals surface area contributed by atoms with Gasteiger partial charge >= 0.3 is 0 Å². The molecule has 3 unspecified atom stereocenters. The summed E-state index contributed by atoms with van der Waals surface area (Å²) in [6.45, 7) is 8.73. The van der Waals surface area contributed by atoms with Crippen molar-refractivity contribution in [3.63, 3.8) is 0 Å². The summed E-state index contributed by atoms with van der Waals surface area (Å²) < 4.78 is 28.6. The second-order valence-electron chi connectivity index (χ2n) is 8.80. The summed E-state index contributed by atoms with van der Waals surface area (Å²) >= 11 is 0. The Balaban J connectivity index is 1.74. The quantitative estimate of drug-likeness (QED) is 0.672. The van der Waals surface area contributed by atoms with Crippen LogP contribution in [0.2, 0.25) is 0 Å². The van der Waals surface area contributed by atoms with Crippen molar-refractivity contribution < 1.29 is 18.0 Å². The number of sulfonamides is 1. The highest BCUT2D eigenvalue weighted by atomic mass is 32.2. The monoisotopic (exact) mass is 471 g/mol. The maximum absolute atomic E-state index is 13.4. The van der Waals surface area contributed by atoms with Crippen molar-refractivity contribution in [3.8, 4) is 0 Å². The zero-order valence-corrected chi connectivity index (χ0v) is 20.5. The zero-order valence-electron chi connectivity index (χ0n) is 19.7. The van der Waals surface area contributed by atoms with Gasteiger partial charge in [0.15, 0.2) is 0 Å². The van der Waals surface area contributed by atoms with E-state index in [0.29, 0.717) is 31.6 Å². The van der Waals surface area contributed by atoms with E-state index >= 15 is 0 Å². The van der Waals surface area contributed by atoms with Crippen molar-refractivity contribution in [2.75, 3.05) is 19.6 Å². The lowest BCUT2D eigenvalue weighted by molar-refractivity contribution is -0.136. The molecule has 0 aliphatic carbocycles. The van der Waals surface area contributed by atoms with Gasteiger partial charge in [-0.2, -0.15) is 4.72 Å². The molecule has 3 rings (SSSR count). The van der Waals surface area contributed by atoms with E-state index in [1.165, 1.54) is 0 Å². The Kier molecular flexibility index (Phi) is 7.92. The van der Waals surface area contributed by atoms with Crippen LogP contribution in [0.1, 0.15) is 43.1 Å². The van der Waals surface area contributed by atoms with Crippen LogP contribution in [0.25, 0.3) is 0 Å². The SMILES string of the molecule is CCC(C)C(NS(=O)(=O)c1ccc(C)cc1)C(=O)N1CCN(C(=O)c2ccccc2)C(C)C1. The third-order valence-corrected chi connectivity index (χ3v) is 7.77. The molecule has 3 atom stereocenters. The van der Waals surface area contributed by atoms with Gasteiger partial charge in [-0.25, -0.2) is 8.42 Å². The van der Waals surface area contributed by atoms with Gasteiger partial charge in [0.1, 0.15) is 6.04 Å². The number of hydrogen-bond acceptors (Lipinski definition) is 4. The van der Waals surface area contributed by atoms with Crippen LogP contribution in [-0.2, 0) is 14.8 Å². The summed E-state index contributed by atoms with van der Waals surface area (Å²) in [5.41, 5.74) is 1.58. The second-order valence-corrected chi connectivity index (χ2v) is 10.5. The molecule has 1 saturated heterocycles. The number of amides is 2. The fraction of sp³-hybridized carbons (Fsp3) is 0.440. The summed E-state index contributed by atoms with van der Waals surface area (Å²) in [5, 5.41) is 0. The van der Waals surface area contributed by atoms with Crippen molar-refractivity contribution in [2.45, 2.75) is 51.1 Å². The van der Waals surface area contributed by atoms with Crippen LogP contribution >= 0.6 is 0 Å². The van der Waals surface area contributed by atoms with Crippen LogP contribution in [0.15, 0.2) is 59.5 Å². The first-order valence-corrected chi connectivity index (χ1v) is 12.9. The maximum Gasteiger partial charge on any atom is 0.254 e. The number of carbonyl (C=O) groups excluding carboxylic acids is 2. The van der Waals surface area contributed by atoms with Gasteiger partial charge in [-0.15, -0.1) is 0 Å². The molecule has 0 bridgehead atoms. The summed E-state index contributed by atoms with van der Waals surface area (Å²) in [4.78, 5) is 29.9. The summed E-state index contributed by atoms with van der Waals surface area (Å²) in [7, 11) is -3.85. The molecule has 1 aliphatic rings. The van der Waals surface area contributed by atoms with Crippen LogP contribution in [0.3, 0.4) is 0 Å². The van der Waals surface area contributed by atoms with E-state index in [9.17, 15) is 18.0 Å². The lowest BCUT2D eigenvalue weighted by Crippen LogP contribution is -2.60. The first kappa shape index (κ1) is 24.9. The molecule has 8 heteroatoms. The fourth-order valence-corrected chi connectivity index (χ4v) is 5.30. The fourth-order valence-electron chi connectivity index (χ4n) is 4.00. The van der Waals surface area contributed by atoms with Crippen LogP contribution in [0.4, 0.5) is 0 Å². The molecule has 0 radical (unpaired) electrons. The minimum Gasteiger partial charge on any atom is -0.337 e. The summed E-state index contributed by atoms with van der Waals surface area (Å²) in [6, 6.07) is 14.6. The van der Waals surface area contributed by atoms with Crippen LogP contribution in [-0.4, -0.2) is 61.7 Å². The Morgan fingerprint density at radius 1 is 1.06 bits per heavy atom. The Labute approximate surface area is 196 Å². The first-order chi connectivity index (χ1) is 15.6.